The minimum Gasteiger partial charge on any atom is -0.390 e. The van der Waals surface area contributed by atoms with Crippen LogP contribution in [-0.4, -0.2) is 46.1 Å². The molecule has 1 aliphatic rings. The zero-order valence-electron chi connectivity index (χ0n) is 19.9. The molecule has 5 rings (SSSR count). The maximum absolute atomic E-state index is 12.9. The normalized spacial score (nSPS) is 17.8. The van der Waals surface area contributed by atoms with Crippen LogP contribution in [0.3, 0.4) is 0 Å². The molecule has 1 atom stereocenters. The number of aryl methyl sites for hydroxylation is 2. The lowest BCUT2D eigenvalue weighted by Gasteiger charge is -2.29. The van der Waals surface area contributed by atoms with E-state index in [4.69, 9.17) is 4.98 Å². The predicted octanol–water partition coefficient (Wildman–Crippen LogP) is 3.65. The second-order valence-corrected chi connectivity index (χ2v) is 9.63. The number of imidazole rings is 1. The summed E-state index contributed by atoms with van der Waals surface area (Å²) < 4.78 is 2.02. The molecule has 0 spiro atoms. The molecular weight excluding hydrogens is 430 g/mol. The van der Waals surface area contributed by atoms with Crippen LogP contribution in [0.25, 0.3) is 33.8 Å². The monoisotopic (exact) mass is 457 g/mol. The molecule has 1 aliphatic heterocycles. The number of hydrogen-bond acceptors (Lipinski definition) is 7. The Bertz CT molecular complexity index is 1420. The standard InChI is InChI=1S/C25H27N7O2/c1-6-32-21(16-10-26-14(2)27-11-16)31-20-19(28-13-29-22(20)32)15-7-8-18-17(9-15)25(5,23(33)30-18)12-24(3,4)34/h7-11,13,34H,6,12H2,1-5H3,(H,30,33)/t25-/m0/s1. The van der Waals surface area contributed by atoms with Crippen molar-refractivity contribution in [1.82, 2.24) is 29.5 Å². The first kappa shape index (κ1) is 22.1. The molecule has 2 N–H and O–H groups in total. The van der Waals surface area contributed by atoms with Gasteiger partial charge in [-0.1, -0.05) is 6.07 Å². The third kappa shape index (κ3) is 3.52. The van der Waals surface area contributed by atoms with Gasteiger partial charge in [0.15, 0.2) is 5.65 Å². The lowest BCUT2D eigenvalue weighted by molar-refractivity contribution is -0.122. The fraction of sp³-hybridized carbons (Fsp3) is 0.360. The van der Waals surface area contributed by atoms with E-state index in [0.717, 1.165) is 33.8 Å². The number of hydrogen-bond donors (Lipinski definition) is 2. The quantitative estimate of drug-likeness (QED) is 0.469. The Morgan fingerprint density at radius 1 is 1.12 bits per heavy atom. The summed E-state index contributed by atoms with van der Waals surface area (Å²) >= 11 is 0. The summed E-state index contributed by atoms with van der Waals surface area (Å²) in [6.45, 7) is 9.85. The molecule has 3 aromatic heterocycles. The van der Waals surface area contributed by atoms with Gasteiger partial charge in [-0.2, -0.15) is 0 Å². The fourth-order valence-electron chi connectivity index (χ4n) is 4.86. The van der Waals surface area contributed by atoms with Crippen LogP contribution in [0.2, 0.25) is 0 Å². The van der Waals surface area contributed by atoms with E-state index in [9.17, 15) is 9.90 Å². The number of amides is 1. The maximum atomic E-state index is 12.9. The van der Waals surface area contributed by atoms with E-state index in [2.05, 4.69) is 25.3 Å². The van der Waals surface area contributed by atoms with Crippen LogP contribution in [-0.2, 0) is 16.8 Å². The van der Waals surface area contributed by atoms with Crippen molar-refractivity contribution in [1.29, 1.82) is 0 Å². The Hall–Kier alpha value is -3.72. The number of nitrogens with one attached hydrogen (secondary N) is 1. The SMILES string of the molecule is CCn1c(-c2cnc(C)nc2)nc2c(-c3ccc4c(c3)[C@](C)(CC(C)(C)O)C(=O)N4)ncnc21. The summed E-state index contributed by atoms with van der Waals surface area (Å²) in [6.07, 6.45) is 5.35. The van der Waals surface area contributed by atoms with E-state index < -0.39 is 11.0 Å². The van der Waals surface area contributed by atoms with E-state index in [1.54, 1.807) is 26.2 Å². The Kier molecular flexibility index (Phi) is 4.98. The van der Waals surface area contributed by atoms with Crippen LogP contribution in [0.5, 0.6) is 0 Å². The Morgan fingerprint density at radius 2 is 1.85 bits per heavy atom. The summed E-state index contributed by atoms with van der Waals surface area (Å²) in [7, 11) is 0. The Labute approximate surface area is 197 Å². The van der Waals surface area contributed by atoms with Crippen molar-refractivity contribution < 1.29 is 9.90 Å². The van der Waals surface area contributed by atoms with Gasteiger partial charge in [-0.25, -0.2) is 24.9 Å². The largest absolute Gasteiger partial charge is 0.390 e. The first-order valence-corrected chi connectivity index (χ1v) is 11.3. The number of carbonyl (C=O) groups is 1. The number of rotatable bonds is 5. The number of aliphatic hydroxyl groups is 1. The van der Waals surface area contributed by atoms with Crippen LogP contribution < -0.4 is 5.32 Å². The first-order valence-electron chi connectivity index (χ1n) is 11.3. The third-order valence-corrected chi connectivity index (χ3v) is 6.31. The van der Waals surface area contributed by atoms with E-state index in [-0.39, 0.29) is 5.91 Å². The smallest absolute Gasteiger partial charge is 0.234 e. The molecular formula is C25H27N7O2. The molecule has 4 aromatic rings. The summed E-state index contributed by atoms with van der Waals surface area (Å²) in [4.78, 5) is 35.5. The minimum absolute atomic E-state index is 0.119. The van der Waals surface area contributed by atoms with Gasteiger partial charge in [0.1, 0.15) is 29.2 Å². The zero-order valence-corrected chi connectivity index (χ0v) is 19.9. The van der Waals surface area contributed by atoms with Gasteiger partial charge in [0.05, 0.1) is 16.6 Å². The predicted molar refractivity (Wildman–Crippen MR) is 129 cm³/mol. The van der Waals surface area contributed by atoms with Crippen molar-refractivity contribution >= 4 is 22.8 Å². The highest BCUT2D eigenvalue weighted by atomic mass is 16.3. The van der Waals surface area contributed by atoms with Gasteiger partial charge in [-0.15, -0.1) is 0 Å². The van der Waals surface area contributed by atoms with Gasteiger partial charge >= 0.3 is 0 Å². The molecule has 9 heteroatoms. The lowest BCUT2D eigenvalue weighted by atomic mass is 9.75. The molecule has 0 saturated heterocycles. The molecule has 1 amide bonds. The fourth-order valence-corrected chi connectivity index (χ4v) is 4.86. The molecule has 9 nitrogen and oxygen atoms in total. The van der Waals surface area contributed by atoms with Crippen molar-refractivity contribution in [3.63, 3.8) is 0 Å². The Balaban J connectivity index is 1.67. The molecule has 174 valence electrons. The minimum atomic E-state index is -1.00. The van der Waals surface area contributed by atoms with Crippen molar-refractivity contribution in [3.05, 3.63) is 48.3 Å². The van der Waals surface area contributed by atoms with E-state index in [1.807, 2.05) is 43.5 Å². The van der Waals surface area contributed by atoms with Gasteiger partial charge in [0.25, 0.3) is 0 Å². The summed E-state index contributed by atoms with van der Waals surface area (Å²) in [5.41, 5.74) is 3.43. The molecule has 0 bridgehead atoms. The summed E-state index contributed by atoms with van der Waals surface area (Å²) in [5.74, 6) is 1.30. The second kappa shape index (κ2) is 7.66. The highest BCUT2D eigenvalue weighted by molar-refractivity contribution is 6.06. The number of carbonyl (C=O) groups excluding carboxylic acids is 1. The Morgan fingerprint density at radius 3 is 2.53 bits per heavy atom. The van der Waals surface area contributed by atoms with Gasteiger partial charge < -0.3 is 15.0 Å². The number of anilines is 1. The van der Waals surface area contributed by atoms with Crippen molar-refractivity contribution in [2.45, 2.75) is 58.6 Å². The van der Waals surface area contributed by atoms with E-state index in [1.165, 1.54) is 6.33 Å². The molecule has 4 heterocycles. The summed E-state index contributed by atoms with van der Waals surface area (Å²) in [5, 5.41) is 13.4. The van der Waals surface area contributed by atoms with Gasteiger partial charge in [-0.05, 0) is 58.7 Å². The highest BCUT2D eigenvalue weighted by Crippen LogP contribution is 2.44. The van der Waals surface area contributed by atoms with Gasteiger partial charge in [0, 0.05) is 30.2 Å². The molecule has 0 radical (unpaired) electrons. The first-order chi connectivity index (χ1) is 16.1. The highest BCUT2D eigenvalue weighted by Gasteiger charge is 2.45. The second-order valence-electron chi connectivity index (χ2n) is 9.63. The van der Waals surface area contributed by atoms with Gasteiger partial charge in [0.2, 0.25) is 5.91 Å². The third-order valence-electron chi connectivity index (χ3n) is 6.31. The van der Waals surface area contributed by atoms with Gasteiger partial charge in [-0.3, -0.25) is 4.79 Å². The molecule has 0 aliphatic carbocycles. The van der Waals surface area contributed by atoms with Crippen molar-refractivity contribution in [2.75, 3.05) is 5.32 Å². The average molecular weight is 458 g/mol. The van der Waals surface area contributed by atoms with Crippen LogP contribution in [0, 0.1) is 6.92 Å². The van der Waals surface area contributed by atoms with Crippen molar-refractivity contribution in [3.8, 4) is 22.6 Å². The summed E-state index contributed by atoms with van der Waals surface area (Å²) in [6, 6.07) is 5.79. The van der Waals surface area contributed by atoms with Crippen LogP contribution in [0.4, 0.5) is 5.69 Å². The molecule has 34 heavy (non-hydrogen) atoms. The average Bonchev–Trinajstić information content (AvgIpc) is 3.27. The maximum Gasteiger partial charge on any atom is 0.234 e. The molecule has 0 saturated carbocycles. The number of benzene rings is 1. The van der Waals surface area contributed by atoms with E-state index >= 15 is 0 Å². The van der Waals surface area contributed by atoms with Crippen LogP contribution in [0.15, 0.2) is 36.9 Å². The topological polar surface area (TPSA) is 119 Å². The number of nitrogens with zero attached hydrogens (tertiary/aromatic N) is 6. The van der Waals surface area contributed by atoms with Crippen LogP contribution in [0.1, 0.15) is 45.5 Å². The molecule has 0 unspecified atom stereocenters. The van der Waals surface area contributed by atoms with Crippen LogP contribution >= 0.6 is 0 Å². The number of fused-ring (bicyclic) bond motifs is 2. The lowest BCUT2D eigenvalue weighted by Crippen LogP contribution is -2.38. The zero-order chi connectivity index (χ0) is 24.3. The van der Waals surface area contributed by atoms with Crippen molar-refractivity contribution in [2.24, 2.45) is 0 Å². The molecule has 1 aromatic carbocycles. The molecule has 0 fully saturated rings. The number of aromatic nitrogens is 6. The van der Waals surface area contributed by atoms with E-state index in [0.29, 0.717) is 30.0 Å².